The van der Waals surface area contributed by atoms with Crippen molar-refractivity contribution >= 4 is 9.84 Å². The molecule has 0 saturated carbocycles. The highest BCUT2D eigenvalue weighted by molar-refractivity contribution is 7.92. The average molecular weight is 256 g/mol. The van der Waals surface area contributed by atoms with Gasteiger partial charge in [0.25, 0.3) is 0 Å². The lowest BCUT2D eigenvalue weighted by molar-refractivity contribution is 0.0840. The second-order valence-electron chi connectivity index (χ2n) is 4.61. The topological polar surface area (TPSA) is 66.9 Å². The zero-order chi connectivity index (χ0) is 12.7. The molecule has 1 aromatic rings. The van der Waals surface area contributed by atoms with E-state index in [1.54, 1.807) is 25.1 Å². The van der Waals surface area contributed by atoms with Crippen molar-refractivity contribution < 1.29 is 18.3 Å². The third-order valence-corrected chi connectivity index (χ3v) is 5.40. The van der Waals surface area contributed by atoms with Gasteiger partial charge in [0.2, 0.25) is 0 Å². The van der Waals surface area contributed by atoms with Crippen LogP contribution in [0.15, 0.2) is 35.2 Å². The summed E-state index contributed by atoms with van der Waals surface area (Å²) in [6.45, 7) is 3.64. The lowest BCUT2D eigenvalue weighted by atomic mass is 10.0. The molecular weight excluding hydrogens is 240 g/mol. The van der Waals surface area contributed by atoms with Crippen LogP contribution in [0.25, 0.3) is 0 Å². The van der Waals surface area contributed by atoms with Gasteiger partial charge in [0.05, 0.1) is 16.8 Å². The van der Waals surface area contributed by atoms with E-state index in [-0.39, 0.29) is 4.90 Å². The lowest BCUT2D eigenvalue weighted by Gasteiger charge is -2.22. The highest BCUT2D eigenvalue weighted by atomic mass is 32.2. The summed E-state index contributed by atoms with van der Waals surface area (Å²) < 4.78 is 29.6. The van der Waals surface area contributed by atoms with Gasteiger partial charge in [-0.15, -0.1) is 0 Å². The molecule has 0 spiro atoms. The molecule has 3 atom stereocenters. The van der Waals surface area contributed by atoms with E-state index in [0.29, 0.717) is 6.61 Å². The smallest absolute Gasteiger partial charge is 0.183 e. The molecular formula is C12H16O4S. The fraction of sp³-hybridized carbons (Fsp3) is 0.500. The summed E-state index contributed by atoms with van der Waals surface area (Å²) in [7, 11) is -3.51. The summed E-state index contributed by atoms with van der Waals surface area (Å²) in [5, 5.41) is 9.13. The fourth-order valence-electron chi connectivity index (χ4n) is 1.78. The van der Waals surface area contributed by atoms with Crippen LogP contribution in [0.1, 0.15) is 13.8 Å². The van der Waals surface area contributed by atoms with Crippen molar-refractivity contribution in [2.24, 2.45) is 0 Å². The van der Waals surface area contributed by atoms with Crippen LogP contribution < -0.4 is 0 Å². The summed E-state index contributed by atoms with van der Waals surface area (Å²) in [5.74, 6) is 0. The molecule has 0 aliphatic carbocycles. The molecule has 2 rings (SSSR count). The average Bonchev–Trinajstić information content (AvgIpc) is 3.08. The summed E-state index contributed by atoms with van der Waals surface area (Å²) in [4.78, 5) is 0.232. The van der Waals surface area contributed by atoms with Crippen molar-refractivity contribution in [2.45, 2.75) is 35.7 Å². The fourth-order valence-corrected chi connectivity index (χ4v) is 3.37. The molecule has 17 heavy (non-hydrogen) atoms. The van der Waals surface area contributed by atoms with Gasteiger partial charge in [-0.25, -0.2) is 8.42 Å². The first-order valence-electron chi connectivity index (χ1n) is 5.49. The number of epoxide rings is 1. The van der Waals surface area contributed by atoms with Crippen LogP contribution in [0.4, 0.5) is 0 Å². The maximum absolute atomic E-state index is 12.2. The van der Waals surface area contributed by atoms with E-state index in [4.69, 9.17) is 4.74 Å². The largest absolute Gasteiger partial charge is 0.389 e. The Bertz CT molecular complexity index is 490. The molecule has 1 aliphatic heterocycles. The third-order valence-electron chi connectivity index (χ3n) is 3.23. The van der Waals surface area contributed by atoms with Crippen LogP contribution >= 0.6 is 0 Å². The Balaban J connectivity index is 2.27. The number of benzene rings is 1. The highest BCUT2D eigenvalue weighted by Crippen LogP contribution is 2.34. The number of hydrogen-bond donors (Lipinski definition) is 1. The molecule has 0 unspecified atom stereocenters. The molecule has 1 heterocycles. The van der Waals surface area contributed by atoms with Gasteiger partial charge >= 0.3 is 0 Å². The third kappa shape index (κ3) is 2.22. The van der Waals surface area contributed by atoms with Crippen LogP contribution in [-0.4, -0.2) is 37.1 Å². The predicted octanol–water partition coefficient (Wildman–Crippen LogP) is 0.999. The number of aliphatic hydroxyl groups excluding tert-OH is 1. The molecule has 5 heteroatoms. The standard InChI is InChI=1S/C12H16O4S/c1-9(11(13)12(2)8-16-12)17(14,15)10-6-4-3-5-7-10/h3-7,9,11,13H,8H2,1-2H3/t9-,11-,12+/m1/s1. The van der Waals surface area contributed by atoms with Gasteiger partial charge in [-0.05, 0) is 26.0 Å². The molecule has 0 radical (unpaired) electrons. The van der Waals surface area contributed by atoms with E-state index in [9.17, 15) is 13.5 Å². The zero-order valence-corrected chi connectivity index (χ0v) is 10.6. The number of ether oxygens (including phenoxy) is 1. The molecule has 1 N–H and O–H groups in total. The Labute approximate surface area is 101 Å². The maximum Gasteiger partial charge on any atom is 0.183 e. The minimum absolute atomic E-state index is 0.232. The molecule has 94 valence electrons. The van der Waals surface area contributed by atoms with Crippen molar-refractivity contribution in [1.82, 2.24) is 0 Å². The Morgan fingerprint density at radius 1 is 1.35 bits per heavy atom. The number of sulfone groups is 1. The van der Waals surface area contributed by atoms with Gasteiger partial charge in [-0.1, -0.05) is 18.2 Å². The van der Waals surface area contributed by atoms with Gasteiger partial charge in [-0.2, -0.15) is 0 Å². The molecule has 0 amide bonds. The molecule has 0 aromatic heterocycles. The Hall–Kier alpha value is -0.910. The van der Waals surface area contributed by atoms with Crippen LogP contribution in [0.5, 0.6) is 0 Å². The minimum Gasteiger partial charge on any atom is -0.389 e. The van der Waals surface area contributed by atoms with E-state index in [1.165, 1.54) is 19.1 Å². The van der Waals surface area contributed by atoms with Crippen molar-refractivity contribution in [3.05, 3.63) is 30.3 Å². The number of aliphatic hydroxyl groups is 1. The highest BCUT2D eigenvalue weighted by Gasteiger charge is 2.51. The van der Waals surface area contributed by atoms with Crippen molar-refractivity contribution in [3.8, 4) is 0 Å². The Morgan fingerprint density at radius 3 is 2.35 bits per heavy atom. The SMILES string of the molecule is C[C@H]([C@@H](O)[C@]1(C)CO1)S(=O)(=O)c1ccccc1. The summed E-state index contributed by atoms with van der Waals surface area (Å²) >= 11 is 0. The molecule has 1 aromatic carbocycles. The minimum atomic E-state index is -3.51. The lowest BCUT2D eigenvalue weighted by Crippen LogP contribution is -2.41. The summed E-state index contributed by atoms with van der Waals surface area (Å²) in [5.41, 5.74) is -0.707. The van der Waals surface area contributed by atoms with Crippen LogP contribution in [0, 0.1) is 0 Å². The number of rotatable bonds is 4. The van der Waals surface area contributed by atoms with Gasteiger partial charge in [0.15, 0.2) is 9.84 Å². The first-order valence-corrected chi connectivity index (χ1v) is 7.03. The van der Waals surface area contributed by atoms with Crippen molar-refractivity contribution in [2.75, 3.05) is 6.61 Å². The Kier molecular flexibility index (Phi) is 3.01. The molecule has 1 aliphatic rings. The van der Waals surface area contributed by atoms with Gasteiger partial charge in [0, 0.05) is 0 Å². The van der Waals surface area contributed by atoms with Crippen LogP contribution in [0.3, 0.4) is 0 Å². The van der Waals surface area contributed by atoms with Crippen LogP contribution in [0.2, 0.25) is 0 Å². The first kappa shape index (κ1) is 12.5. The van der Waals surface area contributed by atoms with Gasteiger partial charge < -0.3 is 9.84 Å². The molecule has 0 bridgehead atoms. The van der Waals surface area contributed by atoms with Crippen molar-refractivity contribution in [1.29, 1.82) is 0 Å². The van der Waals surface area contributed by atoms with Crippen LogP contribution in [-0.2, 0) is 14.6 Å². The monoisotopic (exact) mass is 256 g/mol. The van der Waals surface area contributed by atoms with Gasteiger partial charge in [0.1, 0.15) is 11.7 Å². The quantitative estimate of drug-likeness (QED) is 0.816. The summed E-state index contributed by atoms with van der Waals surface area (Å²) in [6.07, 6.45) is -1.01. The molecule has 1 saturated heterocycles. The Morgan fingerprint density at radius 2 is 1.88 bits per heavy atom. The zero-order valence-electron chi connectivity index (χ0n) is 9.83. The van der Waals surface area contributed by atoms with Crippen molar-refractivity contribution in [3.63, 3.8) is 0 Å². The second-order valence-corrected chi connectivity index (χ2v) is 6.91. The van der Waals surface area contributed by atoms with E-state index in [1.807, 2.05) is 0 Å². The number of hydrogen-bond acceptors (Lipinski definition) is 4. The summed E-state index contributed by atoms with van der Waals surface area (Å²) in [6, 6.07) is 8.16. The van der Waals surface area contributed by atoms with Gasteiger partial charge in [-0.3, -0.25) is 0 Å². The van der Waals surface area contributed by atoms with E-state index in [2.05, 4.69) is 0 Å². The molecule has 4 nitrogen and oxygen atoms in total. The van der Waals surface area contributed by atoms with E-state index >= 15 is 0 Å². The van der Waals surface area contributed by atoms with E-state index in [0.717, 1.165) is 0 Å². The predicted molar refractivity (Wildman–Crippen MR) is 63.5 cm³/mol. The second kappa shape index (κ2) is 4.08. The van der Waals surface area contributed by atoms with E-state index < -0.39 is 26.8 Å². The first-order chi connectivity index (χ1) is 7.88. The normalized spacial score (nSPS) is 27.5. The maximum atomic E-state index is 12.2. The molecule has 1 fully saturated rings.